The Morgan fingerprint density at radius 1 is 1.14 bits per heavy atom. The molecule has 0 unspecified atom stereocenters. The lowest BCUT2D eigenvalue weighted by Crippen LogP contribution is -1.93. The number of phenolic OH excluding ortho intramolecular Hbond substituents is 1. The van der Waals surface area contributed by atoms with Gasteiger partial charge in [0.05, 0.1) is 5.56 Å². The van der Waals surface area contributed by atoms with Gasteiger partial charge >= 0.3 is 0 Å². The molecule has 0 aliphatic heterocycles. The smallest absolute Gasteiger partial charge is 0.261 e. The third kappa shape index (κ3) is 3.11. The number of phenols is 1. The van der Waals surface area contributed by atoms with E-state index >= 15 is 0 Å². The van der Waals surface area contributed by atoms with Gasteiger partial charge in [-0.2, -0.15) is 4.98 Å². The molecule has 0 amide bonds. The van der Waals surface area contributed by atoms with Crippen LogP contribution in [0.3, 0.4) is 0 Å². The molecule has 0 aliphatic carbocycles. The monoisotopic (exact) mass is 398 g/mol. The minimum absolute atomic E-state index is 0.0641. The molecule has 3 aromatic rings. The van der Waals surface area contributed by atoms with E-state index in [0.717, 1.165) is 10.0 Å². The molecule has 22 heavy (non-hydrogen) atoms. The van der Waals surface area contributed by atoms with Gasteiger partial charge in [0.25, 0.3) is 5.89 Å². The van der Waals surface area contributed by atoms with Crippen molar-refractivity contribution in [3.63, 3.8) is 0 Å². The van der Waals surface area contributed by atoms with Crippen LogP contribution in [0.15, 0.2) is 45.4 Å². The number of aromatic nitrogens is 2. The molecule has 1 aromatic heterocycles. The van der Waals surface area contributed by atoms with Crippen molar-refractivity contribution in [3.05, 3.63) is 62.3 Å². The molecular weight excluding hydrogens is 391 g/mol. The molecule has 0 aliphatic rings. The Balaban J connectivity index is 1.93. The van der Waals surface area contributed by atoms with Crippen molar-refractivity contribution in [2.24, 2.45) is 0 Å². The molecular formula is C15H9BrCl2N2O2. The minimum atomic E-state index is 0.0641. The first-order chi connectivity index (χ1) is 10.5. The van der Waals surface area contributed by atoms with Crippen LogP contribution in [-0.2, 0) is 6.42 Å². The first-order valence-electron chi connectivity index (χ1n) is 6.29. The third-order valence-corrected chi connectivity index (χ3v) is 4.26. The Labute approximate surface area is 144 Å². The third-order valence-electron chi connectivity index (χ3n) is 3.05. The van der Waals surface area contributed by atoms with Crippen LogP contribution in [0.4, 0.5) is 0 Å². The highest BCUT2D eigenvalue weighted by molar-refractivity contribution is 9.10. The van der Waals surface area contributed by atoms with Crippen molar-refractivity contribution in [2.45, 2.75) is 6.42 Å². The largest absolute Gasteiger partial charge is 0.507 e. The minimum Gasteiger partial charge on any atom is -0.507 e. The van der Waals surface area contributed by atoms with Crippen LogP contribution >= 0.6 is 39.1 Å². The first kappa shape index (κ1) is 15.3. The maximum Gasteiger partial charge on any atom is 0.261 e. The molecule has 112 valence electrons. The second-order valence-corrected chi connectivity index (χ2v) is 6.28. The van der Waals surface area contributed by atoms with E-state index in [1.54, 1.807) is 36.4 Å². The van der Waals surface area contributed by atoms with E-state index in [4.69, 9.17) is 27.7 Å². The summed E-state index contributed by atoms with van der Waals surface area (Å²) in [5.74, 6) is 0.732. The lowest BCUT2D eigenvalue weighted by Gasteiger charge is -2.03. The molecule has 3 rings (SSSR count). The highest BCUT2D eigenvalue weighted by atomic mass is 79.9. The quantitative estimate of drug-likeness (QED) is 0.665. The van der Waals surface area contributed by atoms with Gasteiger partial charge in [-0.1, -0.05) is 50.4 Å². The summed E-state index contributed by atoms with van der Waals surface area (Å²) < 4.78 is 6.01. The highest BCUT2D eigenvalue weighted by Crippen LogP contribution is 2.31. The van der Waals surface area contributed by atoms with Crippen molar-refractivity contribution in [1.29, 1.82) is 0 Å². The van der Waals surface area contributed by atoms with Crippen LogP contribution in [0, 0.1) is 0 Å². The zero-order chi connectivity index (χ0) is 15.7. The summed E-state index contributed by atoms with van der Waals surface area (Å²) in [6.45, 7) is 0. The normalized spacial score (nSPS) is 10.9. The van der Waals surface area contributed by atoms with Gasteiger partial charge in [0.2, 0.25) is 0 Å². The van der Waals surface area contributed by atoms with E-state index in [9.17, 15) is 5.11 Å². The van der Waals surface area contributed by atoms with Gasteiger partial charge in [-0.3, -0.25) is 0 Å². The number of halogens is 3. The summed E-state index contributed by atoms with van der Waals surface area (Å²) in [7, 11) is 0. The van der Waals surface area contributed by atoms with Gasteiger partial charge in [0.15, 0.2) is 5.82 Å². The van der Waals surface area contributed by atoms with Crippen LogP contribution in [0.5, 0.6) is 5.75 Å². The number of hydrogen-bond acceptors (Lipinski definition) is 4. The maximum atomic E-state index is 9.88. The number of nitrogens with zero attached hydrogens (tertiary/aromatic N) is 2. The molecule has 0 fully saturated rings. The van der Waals surface area contributed by atoms with Gasteiger partial charge < -0.3 is 9.63 Å². The number of rotatable bonds is 3. The molecule has 0 spiro atoms. The molecule has 0 radical (unpaired) electrons. The summed E-state index contributed by atoms with van der Waals surface area (Å²) >= 11 is 15.6. The van der Waals surface area contributed by atoms with Crippen molar-refractivity contribution in [3.8, 4) is 17.2 Å². The predicted molar refractivity (Wildman–Crippen MR) is 88.4 cm³/mol. The average Bonchev–Trinajstić information content (AvgIpc) is 2.94. The predicted octanol–water partition coefficient (Wildman–Crippen LogP) is 5.10. The molecule has 0 saturated carbocycles. The molecule has 4 nitrogen and oxygen atoms in total. The Bertz CT molecular complexity index is 816. The van der Waals surface area contributed by atoms with Crippen LogP contribution in [-0.4, -0.2) is 15.2 Å². The molecule has 2 aromatic carbocycles. The van der Waals surface area contributed by atoms with Gasteiger partial charge in [-0.05, 0) is 35.9 Å². The Morgan fingerprint density at radius 2 is 1.86 bits per heavy atom. The number of hydrogen-bond donors (Lipinski definition) is 1. The lowest BCUT2D eigenvalue weighted by atomic mass is 10.1. The molecule has 0 saturated heterocycles. The zero-order valence-corrected chi connectivity index (χ0v) is 14.2. The lowest BCUT2D eigenvalue weighted by molar-refractivity contribution is 0.418. The fourth-order valence-corrected chi connectivity index (χ4v) is 2.87. The summed E-state index contributed by atoms with van der Waals surface area (Å²) in [5.41, 5.74) is 1.19. The zero-order valence-electron chi connectivity index (χ0n) is 11.1. The second kappa shape index (κ2) is 6.28. The molecule has 0 atom stereocenters. The van der Waals surface area contributed by atoms with Crippen molar-refractivity contribution < 1.29 is 9.63 Å². The van der Waals surface area contributed by atoms with Crippen LogP contribution in [0.1, 0.15) is 11.4 Å². The first-order valence-corrected chi connectivity index (χ1v) is 7.84. The highest BCUT2D eigenvalue weighted by Gasteiger charge is 2.15. The van der Waals surface area contributed by atoms with Crippen molar-refractivity contribution in [1.82, 2.24) is 10.1 Å². The number of benzene rings is 2. The van der Waals surface area contributed by atoms with Gasteiger partial charge in [-0.15, -0.1) is 0 Å². The van der Waals surface area contributed by atoms with Gasteiger partial charge in [-0.25, -0.2) is 0 Å². The number of aromatic hydroxyl groups is 1. The second-order valence-electron chi connectivity index (χ2n) is 4.55. The van der Waals surface area contributed by atoms with E-state index in [-0.39, 0.29) is 11.6 Å². The Kier molecular flexibility index (Phi) is 4.38. The standard InChI is InChI=1S/C15H9BrCl2N2O2/c16-8-4-5-13(21)10(6-8)15-19-14(20-22-15)7-9-11(17)2-1-3-12(9)18/h1-6,21H,7H2. The SMILES string of the molecule is Oc1ccc(Br)cc1-c1nc(Cc2c(Cl)cccc2Cl)no1. The fraction of sp³-hybridized carbons (Fsp3) is 0.0667. The fourth-order valence-electron chi connectivity index (χ4n) is 1.97. The summed E-state index contributed by atoms with van der Waals surface area (Å²) in [6, 6.07) is 10.3. The van der Waals surface area contributed by atoms with E-state index in [0.29, 0.717) is 27.9 Å². The van der Waals surface area contributed by atoms with E-state index in [2.05, 4.69) is 26.1 Å². The van der Waals surface area contributed by atoms with E-state index in [1.807, 2.05) is 0 Å². The van der Waals surface area contributed by atoms with E-state index in [1.165, 1.54) is 0 Å². The van der Waals surface area contributed by atoms with Gasteiger partial charge in [0, 0.05) is 20.9 Å². The molecule has 0 bridgehead atoms. The van der Waals surface area contributed by atoms with Crippen LogP contribution < -0.4 is 0 Å². The summed E-state index contributed by atoms with van der Waals surface area (Å²) in [6.07, 6.45) is 0.344. The average molecular weight is 400 g/mol. The van der Waals surface area contributed by atoms with Crippen molar-refractivity contribution in [2.75, 3.05) is 0 Å². The van der Waals surface area contributed by atoms with Gasteiger partial charge in [0.1, 0.15) is 5.75 Å². The Morgan fingerprint density at radius 3 is 2.59 bits per heavy atom. The summed E-state index contributed by atoms with van der Waals surface area (Å²) in [5, 5.41) is 14.9. The van der Waals surface area contributed by atoms with Crippen LogP contribution in [0.25, 0.3) is 11.5 Å². The molecule has 1 heterocycles. The Hall–Kier alpha value is -1.56. The maximum absolute atomic E-state index is 9.88. The molecule has 1 N–H and O–H groups in total. The summed E-state index contributed by atoms with van der Waals surface area (Å²) in [4.78, 5) is 4.28. The molecule has 7 heteroatoms. The van der Waals surface area contributed by atoms with Crippen molar-refractivity contribution >= 4 is 39.1 Å². The van der Waals surface area contributed by atoms with Crippen LogP contribution in [0.2, 0.25) is 10.0 Å². The van der Waals surface area contributed by atoms with E-state index < -0.39 is 0 Å². The topological polar surface area (TPSA) is 59.2 Å².